The average molecular weight is 495 g/mol. The number of carbonyl (C=O) groups is 5. The first kappa shape index (κ1) is 29.3. The van der Waals surface area contributed by atoms with Crippen molar-refractivity contribution in [1.29, 1.82) is 0 Å². The second kappa shape index (κ2) is 14.5. The largest absolute Gasteiger partial charge is 0.508 e. The molecule has 1 aromatic carbocycles. The number of benzene rings is 1. The fraction of sp³-hybridized carbons (Fsp3) is 0.500. The molecule has 35 heavy (non-hydrogen) atoms. The van der Waals surface area contributed by atoms with Crippen molar-refractivity contribution in [3.8, 4) is 5.75 Å². The second-order valence-electron chi connectivity index (χ2n) is 8.12. The lowest BCUT2D eigenvalue weighted by molar-refractivity contribution is -0.142. The molecule has 0 radical (unpaired) electrons. The number of carboxylic acids is 1. The molecule has 0 aliphatic rings. The van der Waals surface area contributed by atoms with E-state index in [9.17, 15) is 34.2 Å². The molecule has 13 heteroatoms. The van der Waals surface area contributed by atoms with Crippen molar-refractivity contribution in [2.45, 2.75) is 63.2 Å². The fourth-order valence-corrected chi connectivity index (χ4v) is 3.09. The third-order valence-electron chi connectivity index (χ3n) is 5.08. The first-order valence-corrected chi connectivity index (χ1v) is 11.1. The van der Waals surface area contributed by atoms with E-state index in [1.54, 1.807) is 12.1 Å². The van der Waals surface area contributed by atoms with Gasteiger partial charge in [0.05, 0.1) is 12.5 Å². The van der Waals surface area contributed by atoms with Gasteiger partial charge in [0.1, 0.15) is 23.9 Å². The summed E-state index contributed by atoms with van der Waals surface area (Å²) in [5.41, 5.74) is 17.1. The van der Waals surface area contributed by atoms with Gasteiger partial charge in [0.2, 0.25) is 23.6 Å². The molecule has 0 bridgehead atoms. The van der Waals surface area contributed by atoms with Gasteiger partial charge < -0.3 is 43.4 Å². The summed E-state index contributed by atoms with van der Waals surface area (Å²) in [5, 5.41) is 25.7. The third-order valence-corrected chi connectivity index (χ3v) is 5.08. The van der Waals surface area contributed by atoms with E-state index < -0.39 is 60.2 Å². The molecule has 0 spiro atoms. The Labute approximate surface area is 202 Å². The number of phenolic OH excluding ortho intramolecular Hbond substituents is 1. The molecule has 0 fully saturated rings. The van der Waals surface area contributed by atoms with Gasteiger partial charge in [-0.25, -0.2) is 4.79 Å². The van der Waals surface area contributed by atoms with Crippen LogP contribution in [0.2, 0.25) is 0 Å². The number of primary amides is 1. The number of unbranched alkanes of at least 4 members (excludes halogenated alkanes) is 1. The number of hydrogen-bond donors (Lipinski definition) is 8. The SMILES string of the molecule is CC(NC(=O)C(CC(N)=O)NC(=O)C(N)Cc1ccc(O)cc1)C(=O)NC(CCCCN)C(=O)O. The summed E-state index contributed by atoms with van der Waals surface area (Å²) >= 11 is 0. The maximum atomic E-state index is 12.7. The van der Waals surface area contributed by atoms with Gasteiger partial charge in [0.25, 0.3) is 0 Å². The highest BCUT2D eigenvalue weighted by Crippen LogP contribution is 2.11. The van der Waals surface area contributed by atoms with Crippen LogP contribution in [0.4, 0.5) is 0 Å². The quantitative estimate of drug-likeness (QED) is 0.123. The summed E-state index contributed by atoms with van der Waals surface area (Å²) < 4.78 is 0. The van der Waals surface area contributed by atoms with Crippen LogP contribution in [-0.4, -0.2) is 70.5 Å². The summed E-state index contributed by atoms with van der Waals surface area (Å²) in [4.78, 5) is 60.4. The lowest BCUT2D eigenvalue weighted by Gasteiger charge is -2.23. The van der Waals surface area contributed by atoms with Gasteiger partial charge in [-0.05, 0) is 56.8 Å². The Morgan fingerprint density at radius 2 is 1.51 bits per heavy atom. The number of aliphatic carboxylic acids is 1. The number of nitrogens with one attached hydrogen (secondary N) is 3. The minimum absolute atomic E-state index is 0.0494. The van der Waals surface area contributed by atoms with Crippen molar-refractivity contribution in [3.63, 3.8) is 0 Å². The molecule has 4 unspecified atom stereocenters. The van der Waals surface area contributed by atoms with Crippen LogP contribution >= 0.6 is 0 Å². The predicted molar refractivity (Wildman–Crippen MR) is 126 cm³/mol. The number of carboxylic acid groups (broad SMARTS) is 1. The lowest BCUT2D eigenvalue weighted by atomic mass is 10.0. The zero-order valence-electron chi connectivity index (χ0n) is 19.5. The van der Waals surface area contributed by atoms with Gasteiger partial charge in [-0.2, -0.15) is 0 Å². The van der Waals surface area contributed by atoms with Crippen molar-refractivity contribution in [2.75, 3.05) is 6.54 Å². The molecule has 1 rings (SSSR count). The van der Waals surface area contributed by atoms with Crippen molar-refractivity contribution in [2.24, 2.45) is 17.2 Å². The van der Waals surface area contributed by atoms with Crippen molar-refractivity contribution in [3.05, 3.63) is 29.8 Å². The normalized spacial score (nSPS) is 14.1. The van der Waals surface area contributed by atoms with Crippen LogP contribution in [0.5, 0.6) is 5.75 Å². The lowest BCUT2D eigenvalue weighted by Crippen LogP contribution is -2.57. The van der Waals surface area contributed by atoms with Crippen LogP contribution in [-0.2, 0) is 30.4 Å². The third kappa shape index (κ3) is 10.8. The number of rotatable bonds is 15. The van der Waals surface area contributed by atoms with E-state index in [1.165, 1.54) is 19.1 Å². The summed E-state index contributed by atoms with van der Waals surface area (Å²) in [6.45, 7) is 1.71. The van der Waals surface area contributed by atoms with Gasteiger partial charge in [-0.15, -0.1) is 0 Å². The maximum Gasteiger partial charge on any atom is 0.326 e. The average Bonchev–Trinajstić information content (AvgIpc) is 2.78. The van der Waals surface area contributed by atoms with Crippen LogP contribution in [0.3, 0.4) is 0 Å². The number of phenols is 1. The molecule has 11 N–H and O–H groups in total. The topological polar surface area (TPSA) is 240 Å². The van der Waals surface area contributed by atoms with E-state index in [2.05, 4.69) is 16.0 Å². The molecule has 0 aliphatic carbocycles. The van der Waals surface area contributed by atoms with E-state index in [4.69, 9.17) is 17.2 Å². The van der Waals surface area contributed by atoms with Crippen molar-refractivity contribution in [1.82, 2.24) is 16.0 Å². The Morgan fingerprint density at radius 1 is 0.914 bits per heavy atom. The van der Waals surface area contributed by atoms with Gasteiger partial charge in [0, 0.05) is 0 Å². The fourth-order valence-electron chi connectivity index (χ4n) is 3.09. The number of carbonyl (C=O) groups excluding carboxylic acids is 4. The molecule has 194 valence electrons. The van der Waals surface area contributed by atoms with E-state index >= 15 is 0 Å². The molecule has 1 aromatic rings. The van der Waals surface area contributed by atoms with Crippen LogP contribution in [0.25, 0.3) is 0 Å². The number of hydrogen-bond acceptors (Lipinski definition) is 8. The highest BCUT2D eigenvalue weighted by Gasteiger charge is 2.29. The summed E-state index contributed by atoms with van der Waals surface area (Å²) in [6.07, 6.45) is 0.796. The van der Waals surface area contributed by atoms with Crippen molar-refractivity contribution < 1.29 is 34.2 Å². The minimum atomic E-state index is -1.40. The number of aromatic hydroxyl groups is 1. The van der Waals surface area contributed by atoms with E-state index in [0.29, 0.717) is 24.9 Å². The van der Waals surface area contributed by atoms with Crippen LogP contribution in [0.1, 0.15) is 38.2 Å². The van der Waals surface area contributed by atoms with Gasteiger partial charge in [0.15, 0.2) is 0 Å². The Kier molecular flexibility index (Phi) is 12.2. The molecule has 4 atom stereocenters. The van der Waals surface area contributed by atoms with Gasteiger partial charge >= 0.3 is 5.97 Å². The summed E-state index contributed by atoms with van der Waals surface area (Å²) in [5.74, 6) is -4.41. The van der Waals surface area contributed by atoms with Crippen molar-refractivity contribution >= 4 is 29.6 Å². The standard InChI is InChI=1S/C22H34N6O7/c1-12(19(31)27-16(22(34)35)4-2-3-9-23)26-21(33)17(11-18(25)30)28-20(32)15(24)10-13-5-7-14(29)8-6-13/h5-8,12,15-17,29H,2-4,9-11,23-24H2,1H3,(H2,25,30)(H,26,33)(H,27,31)(H,28,32)(H,34,35). The maximum absolute atomic E-state index is 12.7. The summed E-state index contributed by atoms with van der Waals surface area (Å²) in [6, 6.07) is 1.22. The minimum Gasteiger partial charge on any atom is -0.508 e. The highest BCUT2D eigenvalue weighted by atomic mass is 16.4. The molecular weight excluding hydrogens is 460 g/mol. The Balaban J connectivity index is 2.75. The van der Waals surface area contributed by atoms with Crippen LogP contribution in [0, 0.1) is 0 Å². The molecule has 0 saturated carbocycles. The molecule has 0 heterocycles. The molecule has 0 aromatic heterocycles. The smallest absolute Gasteiger partial charge is 0.326 e. The second-order valence-corrected chi connectivity index (χ2v) is 8.12. The number of nitrogens with two attached hydrogens (primary N) is 3. The zero-order chi connectivity index (χ0) is 26.5. The van der Waals surface area contributed by atoms with E-state index in [1.807, 2.05) is 0 Å². The summed E-state index contributed by atoms with van der Waals surface area (Å²) in [7, 11) is 0. The molecule has 0 aliphatic heterocycles. The first-order valence-electron chi connectivity index (χ1n) is 11.1. The molecule has 4 amide bonds. The van der Waals surface area contributed by atoms with Crippen LogP contribution < -0.4 is 33.2 Å². The Morgan fingerprint density at radius 3 is 2.06 bits per heavy atom. The monoisotopic (exact) mass is 494 g/mol. The Bertz CT molecular complexity index is 893. The van der Waals surface area contributed by atoms with Crippen LogP contribution in [0.15, 0.2) is 24.3 Å². The molecule has 0 saturated heterocycles. The predicted octanol–water partition coefficient (Wildman–Crippen LogP) is -2.17. The first-order chi connectivity index (χ1) is 16.4. The van der Waals surface area contributed by atoms with E-state index in [-0.39, 0.29) is 18.6 Å². The molecular formula is C22H34N6O7. The zero-order valence-corrected chi connectivity index (χ0v) is 19.5. The van der Waals surface area contributed by atoms with Gasteiger partial charge in [-0.3, -0.25) is 19.2 Å². The highest BCUT2D eigenvalue weighted by molar-refractivity contribution is 5.96. The molecule has 13 nitrogen and oxygen atoms in total. The Hall–Kier alpha value is -3.71. The van der Waals surface area contributed by atoms with Gasteiger partial charge in [-0.1, -0.05) is 12.1 Å². The number of amides is 4. The van der Waals surface area contributed by atoms with E-state index in [0.717, 1.165) is 0 Å².